The zero-order valence-corrected chi connectivity index (χ0v) is 10.3. The van der Waals surface area contributed by atoms with E-state index in [1.807, 2.05) is 0 Å². The molecule has 17 heavy (non-hydrogen) atoms. The Hall–Kier alpha value is -0.850. The number of H-pyrrole nitrogens is 1. The minimum atomic E-state index is -0.777. The third-order valence-corrected chi connectivity index (χ3v) is 3.81. The van der Waals surface area contributed by atoms with Gasteiger partial charge in [-0.25, -0.2) is 4.98 Å². The second kappa shape index (κ2) is 5.66. The molecule has 6 heteroatoms. The molecule has 1 aliphatic carbocycles. The Balaban J connectivity index is 2.14. The summed E-state index contributed by atoms with van der Waals surface area (Å²) in [4.78, 5) is 18.9. The molecule has 0 aliphatic heterocycles. The first-order valence-corrected chi connectivity index (χ1v) is 6.73. The lowest BCUT2D eigenvalue weighted by Gasteiger charge is -2.14. The van der Waals surface area contributed by atoms with Crippen molar-refractivity contribution in [2.75, 3.05) is 12.4 Å². The maximum absolute atomic E-state index is 11.8. The van der Waals surface area contributed by atoms with Gasteiger partial charge in [0.15, 0.2) is 5.16 Å². The fourth-order valence-corrected chi connectivity index (χ4v) is 2.67. The van der Waals surface area contributed by atoms with Gasteiger partial charge in [-0.2, -0.15) is 0 Å². The molecule has 0 radical (unpaired) electrons. The summed E-state index contributed by atoms with van der Waals surface area (Å²) in [6.45, 7) is -0.276. The first kappa shape index (κ1) is 12.6. The second-order valence-electron chi connectivity index (χ2n) is 4.15. The summed E-state index contributed by atoms with van der Waals surface area (Å²) in [5.74, 6) is 0.332. The molecule has 0 amide bonds. The average Bonchev–Trinajstić information content (AvgIpc) is 2.36. The Morgan fingerprint density at radius 2 is 2.18 bits per heavy atom. The number of hydrogen-bond donors (Lipinski definition) is 3. The highest BCUT2D eigenvalue weighted by atomic mass is 32.2. The van der Waals surface area contributed by atoms with E-state index in [1.54, 1.807) is 0 Å². The van der Waals surface area contributed by atoms with Crippen molar-refractivity contribution in [3.05, 3.63) is 21.6 Å². The van der Waals surface area contributed by atoms with E-state index >= 15 is 0 Å². The van der Waals surface area contributed by atoms with Crippen molar-refractivity contribution in [2.24, 2.45) is 0 Å². The first-order valence-electron chi connectivity index (χ1n) is 5.74. The van der Waals surface area contributed by atoms with Crippen LogP contribution in [0.15, 0.2) is 9.95 Å². The van der Waals surface area contributed by atoms with Crippen LogP contribution in [0.1, 0.15) is 24.1 Å². The molecule has 1 aromatic heterocycles. The average molecular weight is 256 g/mol. The lowest BCUT2D eigenvalue weighted by Crippen LogP contribution is -2.22. The first-order chi connectivity index (χ1) is 8.20. The number of fused-ring (bicyclic) bond motifs is 1. The molecule has 0 saturated carbocycles. The molecular formula is C11H16N2O3S. The molecule has 1 atom stereocenters. The van der Waals surface area contributed by atoms with Crippen LogP contribution in [0.4, 0.5) is 0 Å². The Bertz CT molecular complexity index is 447. The Labute approximate surface area is 103 Å². The van der Waals surface area contributed by atoms with Crippen LogP contribution < -0.4 is 5.56 Å². The summed E-state index contributed by atoms with van der Waals surface area (Å²) in [5.41, 5.74) is 1.64. The molecule has 1 heterocycles. The molecule has 0 spiro atoms. The van der Waals surface area contributed by atoms with Gasteiger partial charge in [0.05, 0.1) is 18.4 Å². The minimum absolute atomic E-state index is 0.0595. The number of thioether (sulfide) groups is 1. The number of aromatic nitrogens is 2. The maximum atomic E-state index is 11.8. The van der Waals surface area contributed by atoms with E-state index < -0.39 is 6.10 Å². The fourth-order valence-electron chi connectivity index (χ4n) is 1.88. The van der Waals surface area contributed by atoms with Crippen molar-refractivity contribution in [2.45, 2.75) is 36.9 Å². The Kier molecular flexibility index (Phi) is 4.20. The van der Waals surface area contributed by atoms with Crippen LogP contribution in [0.2, 0.25) is 0 Å². The van der Waals surface area contributed by atoms with Gasteiger partial charge >= 0.3 is 0 Å². The number of rotatable bonds is 4. The van der Waals surface area contributed by atoms with Gasteiger partial charge in [-0.1, -0.05) is 11.8 Å². The largest absolute Gasteiger partial charge is 0.394 e. The monoisotopic (exact) mass is 256 g/mol. The lowest BCUT2D eigenvalue weighted by atomic mass is 9.97. The number of nitrogens with one attached hydrogen (secondary N) is 1. The van der Waals surface area contributed by atoms with Crippen molar-refractivity contribution < 1.29 is 10.2 Å². The Morgan fingerprint density at radius 3 is 2.94 bits per heavy atom. The lowest BCUT2D eigenvalue weighted by molar-refractivity contribution is 0.113. The number of hydrogen-bond acceptors (Lipinski definition) is 5. The molecule has 0 saturated heterocycles. The third kappa shape index (κ3) is 3.08. The van der Waals surface area contributed by atoms with Crippen LogP contribution in [0.3, 0.4) is 0 Å². The highest BCUT2D eigenvalue weighted by Gasteiger charge is 2.16. The maximum Gasteiger partial charge on any atom is 0.254 e. The highest BCUT2D eigenvalue weighted by molar-refractivity contribution is 7.99. The zero-order valence-electron chi connectivity index (χ0n) is 9.48. The summed E-state index contributed by atoms with van der Waals surface area (Å²) in [5, 5.41) is 18.5. The molecule has 0 aromatic carbocycles. The number of aryl methyl sites for hydroxylation is 1. The van der Waals surface area contributed by atoms with E-state index in [4.69, 9.17) is 5.11 Å². The van der Waals surface area contributed by atoms with Gasteiger partial charge < -0.3 is 15.2 Å². The van der Waals surface area contributed by atoms with Crippen molar-refractivity contribution in [1.82, 2.24) is 9.97 Å². The molecule has 94 valence electrons. The highest BCUT2D eigenvalue weighted by Crippen LogP contribution is 2.19. The summed E-state index contributed by atoms with van der Waals surface area (Å²) < 4.78 is 0. The van der Waals surface area contributed by atoms with Gasteiger partial charge in [0.1, 0.15) is 0 Å². The summed E-state index contributed by atoms with van der Waals surface area (Å²) in [7, 11) is 0. The molecule has 3 N–H and O–H groups in total. The van der Waals surface area contributed by atoms with Crippen LogP contribution in [0, 0.1) is 0 Å². The van der Waals surface area contributed by atoms with Crippen LogP contribution >= 0.6 is 11.8 Å². The quantitative estimate of drug-likeness (QED) is 0.525. The standard InChI is InChI=1S/C11H16N2O3S/c14-5-7(15)6-17-11-12-9-4-2-1-3-8(9)10(16)13-11/h7,14-15H,1-6H2,(H,12,13,16). The molecule has 1 aromatic rings. The molecule has 0 fully saturated rings. The molecule has 2 rings (SSSR count). The number of aliphatic hydroxyl groups is 2. The van der Waals surface area contributed by atoms with Gasteiger partial charge in [0.2, 0.25) is 0 Å². The van der Waals surface area contributed by atoms with Crippen molar-refractivity contribution in [3.63, 3.8) is 0 Å². The summed E-state index contributed by atoms with van der Waals surface area (Å²) >= 11 is 1.26. The number of nitrogens with zero attached hydrogens (tertiary/aromatic N) is 1. The SMILES string of the molecule is O=c1[nH]c(SCC(O)CO)nc2c1CCCC2. The van der Waals surface area contributed by atoms with Gasteiger partial charge in [-0.05, 0) is 25.7 Å². The topological polar surface area (TPSA) is 86.2 Å². The van der Waals surface area contributed by atoms with Gasteiger partial charge in [0.25, 0.3) is 5.56 Å². The van der Waals surface area contributed by atoms with Crippen LogP contribution in [0.5, 0.6) is 0 Å². The van der Waals surface area contributed by atoms with E-state index in [0.29, 0.717) is 10.9 Å². The zero-order chi connectivity index (χ0) is 12.3. The second-order valence-corrected chi connectivity index (χ2v) is 5.16. The predicted molar refractivity (Wildman–Crippen MR) is 65.3 cm³/mol. The van der Waals surface area contributed by atoms with Crippen molar-refractivity contribution >= 4 is 11.8 Å². The van der Waals surface area contributed by atoms with Crippen LogP contribution in [-0.2, 0) is 12.8 Å². The normalized spacial score (nSPS) is 16.6. The third-order valence-electron chi connectivity index (χ3n) is 2.79. The number of aliphatic hydroxyl groups excluding tert-OH is 2. The fraction of sp³-hybridized carbons (Fsp3) is 0.636. The molecule has 1 aliphatic rings. The van der Waals surface area contributed by atoms with E-state index in [1.165, 1.54) is 11.8 Å². The summed E-state index contributed by atoms with van der Waals surface area (Å²) in [6.07, 6.45) is 3.01. The van der Waals surface area contributed by atoms with Crippen molar-refractivity contribution in [1.29, 1.82) is 0 Å². The molecular weight excluding hydrogens is 240 g/mol. The molecule has 1 unspecified atom stereocenters. The van der Waals surface area contributed by atoms with Gasteiger partial charge in [0, 0.05) is 11.3 Å². The molecule has 5 nitrogen and oxygen atoms in total. The van der Waals surface area contributed by atoms with Gasteiger partial charge in [-0.15, -0.1) is 0 Å². The van der Waals surface area contributed by atoms with E-state index in [0.717, 1.165) is 36.9 Å². The number of aromatic amines is 1. The Morgan fingerprint density at radius 1 is 1.41 bits per heavy atom. The van der Waals surface area contributed by atoms with Crippen LogP contribution in [-0.4, -0.2) is 38.6 Å². The molecule has 0 bridgehead atoms. The van der Waals surface area contributed by atoms with E-state index in [-0.39, 0.29) is 12.2 Å². The van der Waals surface area contributed by atoms with Crippen molar-refractivity contribution in [3.8, 4) is 0 Å². The minimum Gasteiger partial charge on any atom is -0.394 e. The predicted octanol–water partition coefficient (Wildman–Crippen LogP) is 0.0940. The smallest absolute Gasteiger partial charge is 0.254 e. The van der Waals surface area contributed by atoms with Gasteiger partial charge in [-0.3, -0.25) is 4.79 Å². The summed E-state index contributed by atoms with van der Waals surface area (Å²) in [6, 6.07) is 0. The van der Waals surface area contributed by atoms with E-state index in [9.17, 15) is 9.90 Å². The van der Waals surface area contributed by atoms with Crippen LogP contribution in [0.25, 0.3) is 0 Å². The van der Waals surface area contributed by atoms with E-state index in [2.05, 4.69) is 9.97 Å².